The summed E-state index contributed by atoms with van der Waals surface area (Å²) in [5, 5.41) is 3.34. The topological polar surface area (TPSA) is 61.0 Å². The van der Waals surface area contributed by atoms with Crippen molar-refractivity contribution in [1.29, 1.82) is 0 Å². The minimum absolute atomic E-state index is 0. The van der Waals surface area contributed by atoms with Gasteiger partial charge in [0, 0.05) is 20.2 Å². The van der Waals surface area contributed by atoms with E-state index in [1.165, 1.54) is 12.8 Å². The standard InChI is InChI=1S/C12H20N4O.2ClH/c1-16(2)12-14-10(8-11(17)15-12)7-9-3-5-13-6-4-9;;/h8-9,13H,3-7H2,1-2H3,(H,14,15,17);2*1H. The van der Waals surface area contributed by atoms with E-state index >= 15 is 0 Å². The molecule has 1 saturated heterocycles. The zero-order valence-corrected chi connectivity index (χ0v) is 12.9. The highest BCUT2D eigenvalue weighted by molar-refractivity contribution is 5.85. The first kappa shape index (κ1) is 18.2. The number of hydrogen-bond donors (Lipinski definition) is 2. The van der Waals surface area contributed by atoms with Crippen LogP contribution in [0.5, 0.6) is 0 Å². The maximum absolute atomic E-state index is 11.5. The van der Waals surface area contributed by atoms with Gasteiger partial charge >= 0.3 is 0 Å². The fourth-order valence-corrected chi connectivity index (χ4v) is 2.19. The summed E-state index contributed by atoms with van der Waals surface area (Å²) >= 11 is 0. The molecule has 0 bridgehead atoms. The first-order chi connectivity index (χ1) is 8.15. The molecule has 0 aliphatic carbocycles. The number of piperidine rings is 1. The van der Waals surface area contributed by atoms with E-state index in [0.717, 1.165) is 25.2 Å². The van der Waals surface area contributed by atoms with Crippen molar-refractivity contribution in [1.82, 2.24) is 15.3 Å². The number of H-pyrrole nitrogens is 1. The average molecular weight is 309 g/mol. The molecule has 1 aromatic heterocycles. The van der Waals surface area contributed by atoms with E-state index in [1.54, 1.807) is 6.07 Å². The van der Waals surface area contributed by atoms with Gasteiger partial charge in [0.05, 0.1) is 5.69 Å². The average Bonchev–Trinajstić information content (AvgIpc) is 2.29. The van der Waals surface area contributed by atoms with Crippen molar-refractivity contribution in [3.8, 4) is 0 Å². The van der Waals surface area contributed by atoms with Crippen molar-refractivity contribution in [2.45, 2.75) is 19.3 Å². The lowest BCUT2D eigenvalue weighted by Crippen LogP contribution is -2.29. The molecule has 0 amide bonds. The van der Waals surface area contributed by atoms with Crippen LogP contribution in [0.3, 0.4) is 0 Å². The number of halogens is 2. The highest BCUT2D eigenvalue weighted by Gasteiger charge is 2.15. The first-order valence-electron chi connectivity index (χ1n) is 6.13. The molecule has 0 spiro atoms. The normalized spacial score (nSPS) is 15.3. The van der Waals surface area contributed by atoms with Gasteiger partial charge in [-0.25, -0.2) is 4.98 Å². The molecule has 1 fully saturated rings. The third-order valence-electron chi connectivity index (χ3n) is 3.16. The van der Waals surface area contributed by atoms with Crippen LogP contribution in [0.25, 0.3) is 0 Å². The quantitative estimate of drug-likeness (QED) is 0.881. The Bertz CT molecular complexity index is 430. The molecule has 1 aliphatic heterocycles. The molecule has 7 heteroatoms. The van der Waals surface area contributed by atoms with E-state index in [2.05, 4.69) is 15.3 Å². The summed E-state index contributed by atoms with van der Waals surface area (Å²) in [4.78, 5) is 20.6. The van der Waals surface area contributed by atoms with Crippen molar-refractivity contribution in [2.75, 3.05) is 32.1 Å². The number of aromatic amines is 1. The molecule has 19 heavy (non-hydrogen) atoms. The molecule has 2 rings (SSSR count). The van der Waals surface area contributed by atoms with Crippen LogP contribution in [0.2, 0.25) is 0 Å². The third kappa shape index (κ3) is 5.38. The van der Waals surface area contributed by atoms with Gasteiger partial charge in [-0.1, -0.05) is 0 Å². The minimum Gasteiger partial charge on any atom is -0.348 e. The molecule has 110 valence electrons. The molecule has 1 aliphatic rings. The smallest absolute Gasteiger partial charge is 0.252 e. The lowest BCUT2D eigenvalue weighted by molar-refractivity contribution is 0.370. The second-order valence-corrected chi connectivity index (χ2v) is 4.85. The van der Waals surface area contributed by atoms with Crippen LogP contribution >= 0.6 is 24.8 Å². The van der Waals surface area contributed by atoms with Crippen LogP contribution in [0, 0.1) is 5.92 Å². The number of nitrogens with zero attached hydrogens (tertiary/aromatic N) is 2. The zero-order chi connectivity index (χ0) is 12.3. The van der Waals surface area contributed by atoms with E-state index < -0.39 is 0 Å². The third-order valence-corrected chi connectivity index (χ3v) is 3.16. The Morgan fingerprint density at radius 2 is 1.95 bits per heavy atom. The largest absolute Gasteiger partial charge is 0.348 e. The van der Waals surface area contributed by atoms with Crippen LogP contribution in [-0.2, 0) is 6.42 Å². The van der Waals surface area contributed by atoms with Crippen molar-refractivity contribution in [3.63, 3.8) is 0 Å². The summed E-state index contributed by atoms with van der Waals surface area (Å²) < 4.78 is 0. The van der Waals surface area contributed by atoms with Crippen molar-refractivity contribution < 1.29 is 0 Å². The lowest BCUT2D eigenvalue weighted by atomic mass is 9.93. The highest BCUT2D eigenvalue weighted by atomic mass is 35.5. The molecule has 0 radical (unpaired) electrons. The van der Waals surface area contributed by atoms with Crippen LogP contribution in [0.4, 0.5) is 5.95 Å². The van der Waals surface area contributed by atoms with Gasteiger partial charge in [-0.3, -0.25) is 9.78 Å². The molecule has 5 nitrogen and oxygen atoms in total. The minimum atomic E-state index is -0.0624. The predicted octanol–water partition coefficient (Wildman–Crippen LogP) is 1.22. The summed E-state index contributed by atoms with van der Waals surface area (Å²) in [5.41, 5.74) is 0.844. The lowest BCUT2D eigenvalue weighted by Gasteiger charge is -2.22. The van der Waals surface area contributed by atoms with Gasteiger partial charge in [-0.15, -0.1) is 24.8 Å². The molecule has 2 N–H and O–H groups in total. The Balaban J connectivity index is 0.00000162. The number of hydrogen-bond acceptors (Lipinski definition) is 4. The molecule has 1 aromatic rings. The van der Waals surface area contributed by atoms with Crippen LogP contribution < -0.4 is 15.8 Å². The Morgan fingerprint density at radius 3 is 2.53 bits per heavy atom. The molecule has 0 atom stereocenters. The van der Waals surface area contributed by atoms with Gasteiger partial charge in [0.25, 0.3) is 5.56 Å². The van der Waals surface area contributed by atoms with Crippen LogP contribution in [0.15, 0.2) is 10.9 Å². The van der Waals surface area contributed by atoms with Crippen LogP contribution in [0.1, 0.15) is 18.5 Å². The van der Waals surface area contributed by atoms with E-state index in [4.69, 9.17) is 0 Å². The van der Waals surface area contributed by atoms with Crippen molar-refractivity contribution in [3.05, 3.63) is 22.1 Å². The summed E-state index contributed by atoms with van der Waals surface area (Å²) in [6.07, 6.45) is 3.25. The maximum Gasteiger partial charge on any atom is 0.252 e. The number of nitrogens with one attached hydrogen (secondary N) is 2. The molecule has 2 heterocycles. The summed E-state index contributed by atoms with van der Waals surface area (Å²) in [6.45, 7) is 2.16. The van der Waals surface area contributed by atoms with Gasteiger partial charge in [0.2, 0.25) is 5.95 Å². The second-order valence-electron chi connectivity index (χ2n) is 4.85. The maximum atomic E-state index is 11.5. The fraction of sp³-hybridized carbons (Fsp3) is 0.667. The Hall–Kier alpha value is -0.780. The first-order valence-corrected chi connectivity index (χ1v) is 6.13. The summed E-state index contributed by atoms with van der Waals surface area (Å²) in [6, 6.07) is 1.62. The molecular formula is C12H22Cl2N4O. The van der Waals surface area contributed by atoms with Gasteiger partial charge in [0.15, 0.2) is 0 Å². The van der Waals surface area contributed by atoms with Gasteiger partial charge in [-0.05, 0) is 38.3 Å². The predicted molar refractivity (Wildman–Crippen MR) is 83.0 cm³/mol. The van der Waals surface area contributed by atoms with Gasteiger partial charge < -0.3 is 10.2 Å². The molecule has 0 saturated carbocycles. The summed E-state index contributed by atoms with van der Waals surface area (Å²) in [5.74, 6) is 1.29. The van der Waals surface area contributed by atoms with Gasteiger partial charge in [-0.2, -0.15) is 0 Å². The SMILES string of the molecule is CN(C)c1nc(CC2CCNCC2)cc(=O)[nH]1.Cl.Cl. The monoisotopic (exact) mass is 308 g/mol. The van der Waals surface area contributed by atoms with E-state index in [0.29, 0.717) is 11.9 Å². The molecular weight excluding hydrogens is 287 g/mol. The molecule has 0 unspecified atom stereocenters. The van der Waals surface area contributed by atoms with Crippen LogP contribution in [-0.4, -0.2) is 37.2 Å². The van der Waals surface area contributed by atoms with Crippen molar-refractivity contribution in [2.24, 2.45) is 5.92 Å². The second kappa shape index (κ2) is 8.40. The van der Waals surface area contributed by atoms with E-state index in [-0.39, 0.29) is 30.4 Å². The fourth-order valence-electron chi connectivity index (χ4n) is 2.19. The van der Waals surface area contributed by atoms with Gasteiger partial charge in [0.1, 0.15) is 0 Å². The van der Waals surface area contributed by atoms with E-state index in [1.807, 2.05) is 19.0 Å². The Labute approximate surface area is 126 Å². The summed E-state index contributed by atoms with van der Waals surface area (Å²) in [7, 11) is 3.76. The number of rotatable bonds is 3. The Kier molecular flexibility index (Phi) is 8.06. The Morgan fingerprint density at radius 1 is 1.32 bits per heavy atom. The number of anilines is 1. The molecule has 0 aromatic carbocycles. The highest BCUT2D eigenvalue weighted by Crippen LogP contribution is 2.16. The van der Waals surface area contributed by atoms with Crippen molar-refractivity contribution >= 4 is 30.8 Å². The zero-order valence-electron chi connectivity index (χ0n) is 11.3. The number of aromatic nitrogens is 2. The van der Waals surface area contributed by atoms with E-state index in [9.17, 15) is 4.79 Å².